The lowest BCUT2D eigenvalue weighted by Gasteiger charge is -2.23. The minimum atomic E-state index is -0.314. The topological polar surface area (TPSA) is 91.5 Å². The van der Waals surface area contributed by atoms with Gasteiger partial charge < -0.3 is 10.6 Å². The summed E-state index contributed by atoms with van der Waals surface area (Å²) in [5.41, 5.74) is 6.10. The summed E-state index contributed by atoms with van der Waals surface area (Å²) in [5, 5.41) is 26.9. The van der Waals surface area contributed by atoms with Crippen LogP contribution in [-0.4, -0.2) is 26.5 Å². The first-order valence-corrected chi connectivity index (χ1v) is 13.3. The number of pyridine rings is 1. The fraction of sp³-hybridized carbons (Fsp3) is 0.400. The van der Waals surface area contributed by atoms with Crippen LogP contribution in [0.5, 0.6) is 0 Å². The monoisotopic (exact) mass is 509 g/mol. The number of rotatable bonds is 8. The molecule has 2 aliphatic rings. The molecule has 7 nitrogen and oxygen atoms in total. The van der Waals surface area contributed by atoms with E-state index in [1.807, 2.05) is 10.9 Å². The molecule has 2 heterocycles. The van der Waals surface area contributed by atoms with E-state index in [-0.39, 0.29) is 17.3 Å². The Bertz CT molecular complexity index is 1520. The molecule has 2 aliphatic carbocycles. The highest BCUT2D eigenvalue weighted by molar-refractivity contribution is 5.98. The van der Waals surface area contributed by atoms with Crippen LogP contribution in [0.25, 0.3) is 10.9 Å². The third-order valence-electron chi connectivity index (χ3n) is 7.19. The van der Waals surface area contributed by atoms with Gasteiger partial charge in [0.1, 0.15) is 17.6 Å². The van der Waals surface area contributed by atoms with Crippen molar-refractivity contribution in [3.05, 3.63) is 77.0 Å². The van der Waals surface area contributed by atoms with Gasteiger partial charge in [0.25, 0.3) is 0 Å². The average Bonchev–Trinajstić information content (AvgIpc) is 3.84. The van der Waals surface area contributed by atoms with Gasteiger partial charge in [0.15, 0.2) is 0 Å². The number of fused-ring (bicyclic) bond motifs is 1. The van der Waals surface area contributed by atoms with Gasteiger partial charge in [-0.3, -0.25) is 4.98 Å². The second-order valence-electron chi connectivity index (χ2n) is 11.8. The van der Waals surface area contributed by atoms with Crippen molar-refractivity contribution in [1.29, 1.82) is 5.26 Å². The lowest BCUT2D eigenvalue weighted by atomic mass is 9.96. The van der Waals surface area contributed by atoms with Crippen LogP contribution in [0.1, 0.15) is 86.8 Å². The van der Waals surface area contributed by atoms with Gasteiger partial charge in [-0.05, 0) is 72.4 Å². The van der Waals surface area contributed by atoms with Gasteiger partial charge in [0.05, 0.1) is 35.0 Å². The Morgan fingerprint density at radius 1 is 1.13 bits per heavy atom. The van der Waals surface area contributed by atoms with Crippen LogP contribution in [0.3, 0.4) is 0 Å². The fourth-order valence-electron chi connectivity index (χ4n) is 4.84. The van der Waals surface area contributed by atoms with Crippen molar-refractivity contribution in [3.63, 3.8) is 0 Å². The van der Waals surface area contributed by atoms with Crippen molar-refractivity contribution in [2.75, 3.05) is 17.2 Å². The maximum absolute atomic E-state index is 13.8. The average molecular weight is 510 g/mol. The van der Waals surface area contributed by atoms with E-state index in [0.717, 1.165) is 65.8 Å². The van der Waals surface area contributed by atoms with Crippen molar-refractivity contribution in [2.45, 2.75) is 64.5 Å². The Morgan fingerprint density at radius 2 is 1.89 bits per heavy atom. The summed E-state index contributed by atoms with van der Waals surface area (Å²) in [6, 6.07) is 13.2. The van der Waals surface area contributed by atoms with E-state index in [2.05, 4.69) is 59.9 Å². The zero-order valence-electron chi connectivity index (χ0n) is 22.0. The Labute approximate surface area is 222 Å². The van der Waals surface area contributed by atoms with Gasteiger partial charge in [0, 0.05) is 23.8 Å². The van der Waals surface area contributed by atoms with Crippen molar-refractivity contribution in [2.24, 2.45) is 5.41 Å². The van der Waals surface area contributed by atoms with Gasteiger partial charge in [0.2, 0.25) is 0 Å². The molecule has 1 unspecified atom stereocenters. The molecular weight excluding hydrogens is 477 g/mol. The summed E-state index contributed by atoms with van der Waals surface area (Å²) in [4.78, 5) is 4.74. The highest BCUT2D eigenvalue weighted by Gasteiger charge is 2.30. The van der Waals surface area contributed by atoms with Crippen LogP contribution < -0.4 is 10.6 Å². The Morgan fingerprint density at radius 3 is 2.55 bits per heavy atom. The van der Waals surface area contributed by atoms with Crippen LogP contribution >= 0.6 is 0 Å². The van der Waals surface area contributed by atoms with E-state index in [1.165, 1.54) is 17.7 Å². The second-order valence-corrected chi connectivity index (χ2v) is 11.8. The molecule has 2 fully saturated rings. The molecule has 194 valence electrons. The van der Waals surface area contributed by atoms with E-state index in [4.69, 9.17) is 4.98 Å². The molecule has 0 spiro atoms. The number of benzene rings is 2. The zero-order chi connectivity index (χ0) is 26.4. The van der Waals surface area contributed by atoms with Crippen molar-refractivity contribution in [1.82, 2.24) is 20.0 Å². The minimum absolute atomic E-state index is 0.0402. The number of aromatic nitrogens is 4. The largest absolute Gasteiger partial charge is 0.383 e. The fourth-order valence-corrected chi connectivity index (χ4v) is 4.84. The second kappa shape index (κ2) is 9.39. The molecule has 0 aliphatic heterocycles. The molecular formula is C30H32FN7. The summed E-state index contributed by atoms with van der Waals surface area (Å²) in [6.07, 6.45) is 8.16. The SMILES string of the molecule is CC(C)(C)CNc1c(C#N)cnc2c(C3CC3)cc(NC(c3ccc(F)cc3)c3cn(C4CC4)nn3)cc12. The Kier molecular flexibility index (Phi) is 6.02. The number of nitriles is 1. The van der Waals surface area contributed by atoms with Crippen LogP contribution in [0.4, 0.5) is 15.8 Å². The molecule has 6 rings (SSSR count). The first kappa shape index (κ1) is 24.4. The number of nitrogens with zero attached hydrogens (tertiary/aromatic N) is 5. The first-order chi connectivity index (χ1) is 18.3. The van der Waals surface area contributed by atoms with Crippen LogP contribution in [0.15, 0.2) is 48.8 Å². The summed E-state index contributed by atoms with van der Waals surface area (Å²) in [7, 11) is 0. The third kappa shape index (κ3) is 5.06. The standard InChI is InChI=1S/C30H32FN7/c1-30(2,3)17-34-27-20(14-32)15-33-29-24(18-4-5-18)12-22(13-25(27)29)35-28(19-6-8-21(31)9-7-19)26-16-38(37-36-26)23-10-11-23/h6-9,12-13,15-16,18,23,28,35H,4-5,10-11,17H2,1-3H3,(H,33,34). The molecule has 8 heteroatoms. The quantitative estimate of drug-likeness (QED) is 0.274. The predicted molar refractivity (Wildman–Crippen MR) is 147 cm³/mol. The molecule has 2 N–H and O–H groups in total. The maximum atomic E-state index is 13.8. The number of hydrogen-bond donors (Lipinski definition) is 2. The number of hydrogen-bond acceptors (Lipinski definition) is 6. The van der Waals surface area contributed by atoms with Gasteiger partial charge in [-0.2, -0.15) is 5.26 Å². The number of halogens is 1. The van der Waals surface area contributed by atoms with E-state index in [1.54, 1.807) is 18.3 Å². The van der Waals surface area contributed by atoms with Crippen molar-refractivity contribution >= 4 is 22.3 Å². The summed E-state index contributed by atoms with van der Waals surface area (Å²) in [6.45, 7) is 7.22. The molecule has 0 saturated heterocycles. The highest BCUT2D eigenvalue weighted by Crippen LogP contribution is 2.46. The molecule has 0 bridgehead atoms. The molecule has 4 aromatic rings. The van der Waals surface area contributed by atoms with Crippen LogP contribution in [0, 0.1) is 22.6 Å². The number of nitrogens with one attached hydrogen (secondary N) is 2. The first-order valence-electron chi connectivity index (χ1n) is 13.3. The van der Waals surface area contributed by atoms with Gasteiger partial charge in [-0.15, -0.1) is 5.10 Å². The van der Waals surface area contributed by atoms with E-state index < -0.39 is 0 Å². The molecule has 38 heavy (non-hydrogen) atoms. The molecule has 2 aromatic carbocycles. The van der Waals surface area contributed by atoms with Crippen LogP contribution in [0.2, 0.25) is 0 Å². The number of anilines is 2. The Hall–Kier alpha value is -3.99. The van der Waals surface area contributed by atoms with E-state index >= 15 is 0 Å². The summed E-state index contributed by atoms with van der Waals surface area (Å²) < 4.78 is 15.7. The molecule has 0 radical (unpaired) electrons. The summed E-state index contributed by atoms with van der Waals surface area (Å²) >= 11 is 0. The van der Waals surface area contributed by atoms with Gasteiger partial charge in [-0.1, -0.05) is 38.1 Å². The molecule has 1 atom stereocenters. The van der Waals surface area contributed by atoms with Gasteiger partial charge in [-0.25, -0.2) is 9.07 Å². The van der Waals surface area contributed by atoms with E-state index in [9.17, 15) is 9.65 Å². The highest BCUT2D eigenvalue weighted by atomic mass is 19.1. The lowest BCUT2D eigenvalue weighted by Crippen LogP contribution is -2.20. The van der Waals surface area contributed by atoms with Crippen LogP contribution in [-0.2, 0) is 0 Å². The van der Waals surface area contributed by atoms with Crippen molar-refractivity contribution in [3.8, 4) is 6.07 Å². The Balaban J connectivity index is 1.45. The summed E-state index contributed by atoms with van der Waals surface area (Å²) in [5.74, 6) is 0.177. The third-order valence-corrected chi connectivity index (χ3v) is 7.19. The smallest absolute Gasteiger partial charge is 0.123 e. The lowest BCUT2D eigenvalue weighted by molar-refractivity contribution is 0.443. The van der Waals surface area contributed by atoms with Gasteiger partial charge >= 0.3 is 0 Å². The molecule has 2 saturated carbocycles. The van der Waals surface area contributed by atoms with E-state index in [0.29, 0.717) is 17.5 Å². The predicted octanol–water partition coefficient (Wildman–Crippen LogP) is 6.71. The zero-order valence-corrected chi connectivity index (χ0v) is 22.0. The van der Waals surface area contributed by atoms with Crippen molar-refractivity contribution < 1.29 is 4.39 Å². The maximum Gasteiger partial charge on any atom is 0.123 e. The normalized spacial score (nSPS) is 16.3. The minimum Gasteiger partial charge on any atom is -0.383 e. The molecule has 2 aromatic heterocycles. The molecule has 0 amide bonds.